The van der Waals surface area contributed by atoms with Crippen molar-refractivity contribution in [3.05, 3.63) is 6.20 Å². The van der Waals surface area contributed by atoms with E-state index in [1.165, 1.54) is 12.8 Å². The first-order chi connectivity index (χ1) is 7.15. The van der Waals surface area contributed by atoms with E-state index < -0.39 is 0 Å². The minimum absolute atomic E-state index is 0.782. The lowest BCUT2D eigenvalue weighted by molar-refractivity contribution is 0.567. The van der Waals surface area contributed by atoms with Crippen LogP contribution in [0.25, 0.3) is 0 Å². The van der Waals surface area contributed by atoms with Crippen LogP contribution in [-0.4, -0.2) is 23.4 Å². The predicted octanol–water partition coefficient (Wildman–Crippen LogP) is 2.31. The fourth-order valence-corrected chi connectivity index (χ4v) is 1.60. The Morgan fingerprint density at radius 1 is 1.47 bits per heavy atom. The molecular formula is C11H22N4. The van der Waals surface area contributed by atoms with Crippen LogP contribution in [0, 0.1) is 5.92 Å². The third kappa shape index (κ3) is 3.46. The molecule has 15 heavy (non-hydrogen) atoms. The Kier molecular flexibility index (Phi) is 4.46. The van der Waals surface area contributed by atoms with Crippen molar-refractivity contribution >= 4 is 11.5 Å². The monoisotopic (exact) mass is 210 g/mol. The molecule has 0 aliphatic rings. The second-order valence-corrected chi connectivity index (χ2v) is 4.24. The molecule has 0 saturated carbocycles. The average molecular weight is 210 g/mol. The smallest absolute Gasteiger partial charge is 0.147 e. The van der Waals surface area contributed by atoms with Gasteiger partial charge in [0.05, 0.1) is 11.9 Å². The van der Waals surface area contributed by atoms with E-state index in [2.05, 4.69) is 29.6 Å². The van der Waals surface area contributed by atoms with Gasteiger partial charge in [0.1, 0.15) is 5.82 Å². The summed E-state index contributed by atoms with van der Waals surface area (Å²) in [5.74, 6) is 1.82. The molecule has 2 N–H and O–H groups in total. The molecule has 0 aliphatic carbocycles. The Labute approximate surface area is 92.1 Å². The summed E-state index contributed by atoms with van der Waals surface area (Å²) in [6, 6.07) is 0. The maximum absolute atomic E-state index is 4.19. The number of hydrogen-bond acceptors (Lipinski definition) is 3. The van der Waals surface area contributed by atoms with Crippen LogP contribution in [0.5, 0.6) is 0 Å². The summed E-state index contributed by atoms with van der Waals surface area (Å²) in [7, 11) is 3.85. The van der Waals surface area contributed by atoms with Crippen molar-refractivity contribution in [3.8, 4) is 0 Å². The van der Waals surface area contributed by atoms with E-state index in [1.807, 2.05) is 25.0 Å². The topological polar surface area (TPSA) is 41.9 Å². The number of nitrogens with zero attached hydrogens (tertiary/aromatic N) is 2. The molecule has 1 rings (SSSR count). The summed E-state index contributed by atoms with van der Waals surface area (Å²) >= 11 is 0. The van der Waals surface area contributed by atoms with Crippen molar-refractivity contribution < 1.29 is 0 Å². The van der Waals surface area contributed by atoms with Gasteiger partial charge in [0, 0.05) is 20.6 Å². The highest BCUT2D eigenvalue weighted by Crippen LogP contribution is 2.19. The van der Waals surface area contributed by atoms with Crippen LogP contribution < -0.4 is 10.6 Å². The summed E-state index contributed by atoms with van der Waals surface area (Å²) in [5.41, 5.74) is 1.09. The molecule has 0 bridgehead atoms. The summed E-state index contributed by atoms with van der Waals surface area (Å²) in [6.07, 6.45) is 4.33. The molecule has 0 radical (unpaired) electrons. The van der Waals surface area contributed by atoms with Gasteiger partial charge in [-0.05, 0) is 18.8 Å². The van der Waals surface area contributed by atoms with E-state index in [0.29, 0.717) is 0 Å². The van der Waals surface area contributed by atoms with Gasteiger partial charge in [0.15, 0.2) is 0 Å². The van der Waals surface area contributed by atoms with Crippen LogP contribution in [0.2, 0.25) is 0 Å². The van der Waals surface area contributed by atoms with Crippen molar-refractivity contribution in [3.63, 3.8) is 0 Å². The Balaban J connectivity index is 2.37. The molecule has 0 spiro atoms. The maximum Gasteiger partial charge on any atom is 0.147 e. The highest BCUT2D eigenvalue weighted by molar-refractivity contribution is 5.63. The molecule has 0 atom stereocenters. The maximum atomic E-state index is 4.19. The number of anilines is 2. The van der Waals surface area contributed by atoms with Crippen molar-refractivity contribution in [2.24, 2.45) is 13.0 Å². The van der Waals surface area contributed by atoms with Crippen molar-refractivity contribution in [1.29, 1.82) is 0 Å². The third-order valence-electron chi connectivity index (χ3n) is 2.45. The van der Waals surface area contributed by atoms with Crippen LogP contribution in [0.15, 0.2) is 6.20 Å². The van der Waals surface area contributed by atoms with E-state index >= 15 is 0 Å². The average Bonchev–Trinajstić information content (AvgIpc) is 2.53. The third-order valence-corrected chi connectivity index (χ3v) is 2.45. The van der Waals surface area contributed by atoms with Crippen molar-refractivity contribution in [2.45, 2.75) is 26.7 Å². The summed E-state index contributed by atoms with van der Waals surface area (Å²) in [6.45, 7) is 5.52. The summed E-state index contributed by atoms with van der Waals surface area (Å²) in [5, 5.41) is 10.7. The Hall–Kier alpha value is -1.19. The van der Waals surface area contributed by atoms with Crippen LogP contribution in [0.3, 0.4) is 0 Å². The Morgan fingerprint density at radius 2 is 2.20 bits per heavy atom. The van der Waals surface area contributed by atoms with Gasteiger partial charge in [0.2, 0.25) is 0 Å². The molecular weight excluding hydrogens is 188 g/mol. The van der Waals surface area contributed by atoms with Gasteiger partial charge in [-0.2, -0.15) is 5.10 Å². The number of hydrogen-bond donors (Lipinski definition) is 2. The number of rotatable bonds is 6. The van der Waals surface area contributed by atoms with Gasteiger partial charge in [-0.3, -0.25) is 4.68 Å². The molecule has 4 heteroatoms. The minimum Gasteiger partial charge on any atom is -0.381 e. The second-order valence-electron chi connectivity index (χ2n) is 4.24. The zero-order valence-corrected chi connectivity index (χ0v) is 10.2. The van der Waals surface area contributed by atoms with Gasteiger partial charge in [-0.25, -0.2) is 0 Å². The van der Waals surface area contributed by atoms with Crippen molar-refractivity contribution in [1.82, 2.24) is 9.78 Å². The van der Waals surface area contributed by atoms with E-state index in [0.717, 1.165) is 24.0 Å². The molecule has 1 aromatic heterocycles. The number of nitrogens with one attached hydrogen (secondary N) is 2. The van der Waals surface area contributed by atoms with E-state index in [1.54, 1.807) is 0 Å². The first-order valence-electron chi connectivity index (χ1n) is 5.58. The fourth-order valence-electron chi connectivity index (χ4n) is 1.60. The predicted molar refractivity (Wildman–Crippen MR) is 65.3 cm³/mol. The zero-order chi connectivity index (χ0) is 11.3. The first-order valence-corrected chi connectivity index (χ1v) is 5.58. The van der Waals surface area contributed by atoms with E-state index in [9.17, 15) is 0 Å². The van der Waals surface area contributed by atoms with Gasteiger partial charge in [-0.1, -0.05) is 13.8 Å². The molecule has 0 aliphatic heterocycles. The SMILES string of the molecule is CNc1c(NCCCC(C)C)cnn1C. The molecule has 4 nitrogen and oxygen atoms in total. The molecule has 1 aromatic rings. The lowest BCUT2D eigenvalue weighted by Crippen LogP contribution is -2.06. The summed E-state index contributed by atoms with van der Waals surface area (Å²) < 4.78 is 1.84. The Bertz CT molecular complexity index is 291. The highest BCUT2D eigenvalue weighted by atomic mass is 15.3. The molecule has 0 aromatic carbocycles. The molecule has 86 valence electrons. The van der Waals surface area contributed by atoms with Gasteiger partial charge < -0.3 is 10.6 Å². The number of aryl methyl sites for hydroxylation is 1. The summed E-state index contributed by atoms with van der Waals surface area (Å²) in [4.78, 5) is 0. The zero-order valence-electron chi connectivity index (χ0n) is 10.2. The van der Waals surface area contributed by atoms with Gasteiger partial charge >= 0.3 is 0 Å². The first kappa shape index (κ1) is 11.9. The molecule has 0 fully saturated rings. The largest absolute Gasteiger partial charge is 0.381 e. The standard InChI is InChI=1S/C11H22N4/c1-9(2)6-5-7-13-10-8-14-15(4)11(10)12-3/h8-9,12-13H,5-7H2,1-4H3. The molecule has 0 saturated heterocycles. The number of aromatic nitrogens is 2. The molecule has 0 unspecified atom stereocenters. The van der Waals surface area contributed by atoms with Crippen LogP contribution in [-0.2, 0) is 7.05 Å². The molecule has 1 heterocycles. The van der Waals surface area contributed by atoms with Gasteiger partial charge in [-0.15, -0.1) is 0 Å². The van der Waals surface area contributed by atoms with Crippen molar-refractivity contribution in [2.75, 3.05) is 24.2 Å². The Morgan fingerprint density at radius 3 is 2.80 bits per heavy atom. The fraction of sp³-hybridized carbons (Fsp3) is 0.727. The van der Waals surface area contributed by atoms with E-state index in [-0.39, 0.29) is 0 Å². The molecule has 0 amide bonds. The van der Waals surface area contributed by atoms with Crippen LogP contribution in [0.4, 0.5) is 11.5 Å². The van der Waals surface area contributed by atoms with E-state index in [4.69, 9.17) is 0 Å². The van der Waals surface area contributed by atoms with Crippen LogP contribution >= 0.6 is 0 Å². The quantitative estimate of drug-likeness (QED) is 0.708. The van der Waals surface area contributed by atoms with Gasteiger partial charge in [0.25, 0.3) is 0 Å². The minimum atomic E-state index is 0.782. The normalized spacial score (nSPS) is 10.7. The second kappa shape index (κ2) is 5.63. The highest BCUT2D eigenvalue weighted by Gasteiger charge is 2.05. The lowest BCUT2D eigenvalue weighted by atomic mass is 10.1. The lowest BCUT2D eigenvalue weighted by Gasteiger charge is -2.08. The van der Waals surface area contributed by atoms with Crippen LogP contribution in [0.1, 0.15) is 26.7 Å².